The van der Waals surface area contributed by atoms with Crippen molar-refractivity contribution in [2.24, 2.45) is 0 Å². The molecule has 2 N–H and O–H groups in total. The number of hydrogen-bond acceptors (Lipinski definition) is 3. The number of carboxylic acids is 1. The second-order valence-corrected chi connectivity index (χ2v) is 3.94. The summed E-state index contributed by atoms with van der Waals surface area (Å²) >= 11 is 0. The summed E-state index contributed by atoms with van der Waals surface area (Å²) in [6.07, 6.45) is 0. The van der Waals surface area contributed by atoms with E-state index in [2.05, 4.69) is 5.32 Å². The van der Waals surface area contributed by atoms with Gasteiger partial charge >= 0.3 is 5.97 Å². The van der Waals surface area contributed by atoms with Crippen LogP contribution in [0.1, 0.15) is 11.6 Å². The normalized spacial score (nSPS) is 19.2. The minimum atomic E-state index is -0.770. The predicted molar refractivity (Wildman–Crippen MR) is 61.3 cm³/mol. The van der Waals surface area contributed by atoms with Crippen LogP contribution in [0.5, 0.6) is 0 Å². The summed E-state index contributed by atoms with van der Waals surface area (Å²) in [6.45, 7) is 3.28. The summed E-state index contributed by atoms with van der Waals surface area (Å²) in [5, 5.41) is 12.5. The topological polar surface area (TPSA) is 52.6 Å². The summed E-state index contributed by atoms with van der Waals surface area (Å²) in [5.41, 5.74) is 0.858. The van der Waals surface area contributed by atoms with Crippen molar-refractivity contribution in [1.29, 1.82) is 0 Å². The largest absolute Gasteiger partial charge is 0.480 e. The first kappa shape index (κ1) is 11.1. The van der Waals surface area contributed by atoms with E-state index in [-0.39, 0.29) is 0 Å². The molecule has 0 bridgehead atoms. The number of carbonyl (C=O) groups is 1. The fraction of sp³-hybridized carbons (Fsp3) is 0.417. The third-order valence-corrected chi connectivity index (χ3v) is 2.87. The molecular weight excluding hydrogens is 204 g/mol. The van der Waals surface area contributed by atoms with E-state index in [1.165, 1.54) is 0 Å². The van der Waals surface area contributed by atoms with Gasteiger partial charge < -0.3 is 10.4 Å². The van der Waals surface area contributed by atoms with Gasteiger partial charge in [-0.1, -0.05) is 30.3 Å². The van der Waals surface area contributed by atoms with Gasteiger partial charge in [0.2, 0.25) is 0 Å². The van der Waals surface area contributed by atoms with Gasteiger partial charge in [-0.25, -0.2) is 0 Å². The molecule has 0 amide bonds. The van der Waals surface area contributed by atoms with Gasteiger partial charge in [-0.15, -0.1) is 0 Å². The van der Waals surface area contributed by atoms with E-state index < -0.39 is 12.0 Å². The van der Waals surface area contributed by atoms with Crippen LogP contribution in [0.3, 0.4) is 0 Å². The Hall–Kier alpha value is -1.39. The molecule has 0 aliphatic carbocycles. The number of aliphatic carboxylic acids is 1. The molecule has 2 rings (SSSR count). The lowest BCUT2D eigenvalue weighted by Crippen LogP contribution is -2.47. The highest BCUT2D eigenvalue weighted by Crippen LogP contribution is 2.20. The molecule has 1 aliphatic heterocycles. The molecule has 0 unspecified atom stereocenters. The minimum Gasteiger partial charge on any atom is -0.480 e. The van der Waals surface area contributed by atoms with E-state index >= 15 is 0 Å². The molecule has 1 heterocycles. The highest BCUT2D eigenvalue weighted by molar-refractivity contribution is 5.75. The minimum absolute atomic E-state index is 0.511. The Bertz CT molecular complexity index is 347. The van der Waals surface area contributed by atoms with E-state index in [9.17, 15) is 9.90 Å². The van der Waals surface area contributed by atoms with Crippen LogP contribution in [0.2, 0.25) is 0 Å². The maximum absolute atomic E-state index is 11.3. The Morgan fingerprint density at radius 1 is 1.25 bits per heavy atom. The summed E-state index contributed by atoms with van der Waals surface area (Å²) in [5.74, 6) is -0.770. The van der Waals surface area contributed by atoms with Gasteiger partial charge in [0.05, 0.1) is 0 Å². The fourth-order valence-corrected chi connectivity index (χ4v) is 2.09. The molecule has 86 valence electrons. The van der Waals surface area contributed by atoms with Crippen LogP contribution in [-0.4, -0.2) is 42.2 Å². The molecular formula is C12H16N2O2. The quantitative estimate of drug-likeness (QED) is 0.788. The number of benzene rings is 1. The van der Waals surface area contributed by atoms with Crippen LogP contribution in [0.25, 0.3) is 0 Å². The maximum Gasteiger partial charge on any atom is 0.325 e. The van der Waals surface area contributed by atoms with Crippen LogP contribution in [0.4, 0.5) is 0 Å². The Balaban J connectivity index is 2.20. The van der Waals surface area contributed by atoms with Crippen molar-refractivity contribution < 1.29 is 9.90 Å². The van der Waals surface area contributed by atoms with Gasteiger partial charge in [0.1, 0.15) is 6.04 Å². The number of carboxylic acid groups (broad SMARTS) is 1. The second-order valence-electron chi connectivity index (χ2n) is 3.94. The second kappa shape index (κ2) is 5.09. The Kier molecular flexibility index (Phi) is 3.54. The molecule has 1 atom stereocenters. The highest BCUT2D eigenvalue weighted by atomic mass is 16.4. The summed E-state index contributed by atoms with van der Waals surface area (Å²) in [4.78, 5) is 13.3. The van der Waals surface area contributed by atoms with Gasteiger partial charge in [0, 0.05) is 26.2 Å². The molecule has 0 saturated carbocycles. The molecule has 1 aromatic rings. The van der Waals surface area contributed by atoms with Crippen LogP contribution in [-0.2, 0) is 4.79 Å². The van der Waals surface area contributed by atoms with E-state index in [1.807, 2.05) is 35.2 Å². The van der Waals surface area contributed by atoms with Crippen molar-refractivity contribution in [2.45, 2.75) is 6.04 Å². The molecule has 1 fully saturated rings. The Labute approximate surface area is 94.9 Å². The molecule has 1 saturated heterocycles. The van der Waals surface area contributed by atoms with Gasteiger partial charge in [0.15, 0.2) is 0 Å². The zero-order valence-electron chi connectivity index (χ0n) is 9.10. The molecule has 1 aliphatic rings. The van der Waals surface area contributed by atoms with Crippen LogP contribution < -0.4 is 5.32 Å². The van der Waals surface area contributed by atoms with Gasteiger partial charge in [-0.3, -0.25) is 9.69 Å². The number of nitrogens with zero attached hydrogens (tertiary/aromatic N) is 1. The molecule has 0 aromatic heterocycles. The number of hydrogen-bond donors (Lipinski definition) is 2. The van der Waals surface area contributed by atoms with Gasteiger partial charge in [-0.2, -0.15) is 0 Å². The predicted octanol–water partition coefficient (Wildman–Crippen LogP) is 0.718. The number of piperazine rings is 1. The molecule has 4 nitrogen and oxygen atoms in total. The van der Waals surface area contributed by atoms with Crippen molar-refractivity contribution in [3.63, 3.8) is 0 Å². The third-order valence-electron chi connectivity index (χ3n) is 2.87. The standard InChI is InChI=1S/C12H16N2O2/c15-12(16)11(10-4-2-1-3-5-10)14-8-6-13-7-9-14/h1-5,11,13H,6-9H2,(H,15,16)/t11-/m1/s1. The highest BCUT2D eigenvalue weighted by Gasteiger charge is 2.27. The van der Waals surface area contributed by atoms with E-state index in [0.717, 1.165) is 31.7 Å². The van der Waals surface area contributed by atoms with E-state index in [1.54, 1.807) is 0 Å². The molecule has 4 heteroatoms. The summed E-state index contributed by atoms with van der Waals surface area (Å²) in [7, 11) is 0. The first-order chi connectivity index (χ1) is 7.79. The van der Waals surface area contributed by atoms with Crippen molar-refractivity contribution in [3.05, 3.63) is 35.9 Å². The van der Waals surface area contributed by atoms with Crippen molar-refractivity contribution in [2.75, 3.05) is 26.2 Å². The third kappa shape index (κ3) is 2.40. The lowest BCUT2D eigenvalue weighted by atomic mass is 10.0. The monoisotopic (exact) mass is 220 g/mol. The van der Waals surface area contributed by atoms with Crippen molar-refractivity contribution in [1.82, 2.24) is 10.2 Å². The van der Waals surface area contributed by atoms with Crippen LogP contribution >= 0.6 is 0 Å². The van der Waals surface area contributed by atoms with E-state index in [4.69, 9.17) is 0 Å². The zero-order valence-corrected chi connectivity index (χ0v) is 9.10. The average Bonchev–Trinajstić information content (AvgIpc) is 2.31. The lowest BCUT2D eigenvalue weighted by Gasteiger charge is -2.32. The molecule has 0 spiro atoms. The van der Waals surface area contributed by atoms with Crippen LogP contribution in [0, 0.1) is 0 Å². The first-order valence-electron chi connectivity index (χ1n) is 5.51. The molecule has 0 radical (unpaired) electrons. The van der Waals surface area contributed by atoms with Gasteiger partial charge in [0.25, 0.3) is 0 Å². The summed E-state index contributed by atoms with van der Waals surface area (Å²) in [6, 6.07) is 8.91. The van der Waals surface area contributed by atoms with Crippen LogP contribution in [0.15, 0.2) is 30.3 Å². The maximum atomic E-state index is 11.3. The molecule has 16 heavy (non-hydrogen) atoms. The average molecular weight is 220 g/mol. The first-order valence-corrected chi connectivity index (χ1v) is 5.51. The fourth-order valence-electron chi connectivity index (χ4n) is 2.09. The van der Waals surface area contributed by atoms with E-state index in [0.29, 0.717) is 0 Å². The molecule has 1 aromatic carbocycles. The smallest absolute Gasteiger partial charge is 0.325 e. The zero-order chi connectivity index (χ0) is 11.4. The van der Waals surface area contributed by atoms with Crippen molar-refractivity contribution in [3.8, 4) is 0 Å². The number of rotatable bonds is 3. The Morgan fingerprint density at radius 3 is 2.44 bits per heavy atom. The SMILES string of the molecule is O=C(O)[C@@H](c1ccccc1)N1CCNCC1. The Morgan fingerprint density at radius 2 is 1.88 bits per heavy atom. The lowest BCUT2D eigenvalue weighted by molar-refractivity contribution is -0.143. The number of nitrogens with one attached hydrogen (secondary N) is 1. The van der Waals surface area contributed by atoms with Crippen molar-refractivity contribution >= 4 is 5.97 Å². The summed E-state index contributed by atoms with van der Waals surface area (Å²) < 4.78 is 0. The van der Waals surface area contributed by atoms with Gasteiger partial charge in [-0.05, 0) is 5.56 Å².